The van der Waals surface area contributed by atoms with Gasteiger partial charge < -0.3 is 10.3 Å². The fraction of sp³-hybridized carbons (Fsp3) is 0.300. The summed E-state index contributed by atoms with van der Waals surface area (Å²) >= 11 is 3.21. The van der Waals surface area contributed by atoms with E-state index in [-0.39, 0.29) is 0 Å². The maximum atomic E-state index is 5.61. The Morgan fingerprint density at radius 2 is 2.41 bits per heavy atom. The summed E-state index contributed by atoms with van der Waals surface area (Å²) in [6.07, 6.45) is 1.81. The van der Waals surface area contributed by atoms with Crippen LogP contribution < -0.4 is 5.73 Å². The van der Waals surface area contributed by atoms with Crippen LogP contribution in [0.25, 0.3) is 0 Å². The lowest BCUT2D eigenvalue weighted by molar-refractivity contribution is 0.680. The average molecular weight is 267 g/mol. The van der Waals surface area contributed by atoms with Gasteiger partial charge in [0.1, 0.15) is 5.82 Å². The zero-order valence-corrected chi connectivity index (χ0v) is 10.9. The molecule has 0 radical (unpaired) electrons. The maximum Gasteiger partial charge on any atom is 0.191 e. The highest BCUT2D eigenvalue weighted by Gasteiger charge is 2.10. The first-order valence-electron chi connectivity index (χ1n) is 5.08. The van der Waals surface area contributed by atoms with Crippen molar-refractivity contribution < 1.29 is 0 Å². The van der Waals surface area contributed by atoms with Crippen molar-refractivity contribution in [1.29, 1.82) is 0 Å². The van der Waals surface area contributed by atoms with Crippen molar-refractivity contribution in [1.82, 2.24) is 19.7 Å². The first-order chi connectivity index (χ1) is 8.35. The number of nitrogens with two attached hydrogens (primary N) is 1. The molecule has 2 N–H and O–H groups in total. The topological polar surface area (TPSA) is 69.6 Å². The van der Waals surface area contributed by atoms with Crippen molar-refractivity contribution in [3.05, 3.63) is 35.1 Å². The summed E-state index contributed by atoms with van der Waals surface area (Å²) in [7, 11) is 0. The smallest absolute Gasteiger partial charge is 0.191 e. The van der Waals surface area contributed by atoms with Crippen molar-refractivity contribution >= 4 is 23.1 Å². The van der Waals surface area contributed by atoms with Crippen molar-refractivity contribution in [3.8, 4) is 0 Å². The third-order valence-electron chi connectivity index (χ3n) is 2.12. The fourth-order valence-electron chi connectivity index (χ4n) is 1.34. The summed E-state index contributed by atoms with van der Waals surface area (Å²) in [5.74, 6) is 1.58. The molecule has 2 heterocycles. The van der Waals surface area contributed by atoms with Gasteiger partial charge in [-0.1, -0.05) is 17.8 Å². The quantitative estimate of drug-likeness (QED) is 0.637. The largest absolute Gasteiger partial charge is 0.324 e. The molecule has 0 saturated carbocycles. The molecule has 0 aliphatic rings. The molecule has 5 nitrogen and oxygen atoms in total. The molecule has 0 bridgehead atoms. The Kier molecular flexibility index (Phi) is 4.29. The molecular formula is C10H13N5S2. The number of allylic oxidation sites excluding steroid dienone is 1. The Labute approximate surface area is 108 Å². The molecule has 2 rings (SSSR count). The highest BCUT2D eigenvalue weighted by Crippen LogP contribution is 2.21. The molecule has 0 atom stereocenters. The summed E-state index contributed by atoms with van der Waals surface area (Å²) < 4.78 is 1.98. The lowest BCUT2D eigenvalue weighted by Crippen LogP contribution is -2.08. The number of hydrogen-bond donors (Lipinski definition) is 1. The van der Waals surface area contributed by atoms with Gasteiger partial charge in [-0.2, -0.15) is 0 Å². The molecule has 2 aromatic rings. The van der Waals surface area contributed by atoms with Crippen LogP contribution in [0.2, 0.25) is 0 Å². The van der Waals surface area contributed by atoms with E-state index in [4.69, 9.17) is 5.73 Å². The van der Waals surface area contributed by atoms with E-state index < -0.39 is 0 Å². The van der Waals surface area contributed by atoms with Crippen LogP contribution in [-0.2, 0) is 18.8 Å². The molecule has 0 spiro atoms. The van der Waals surface area contributed by atoms with Gasteiger partial charge >= 0.3 is 0 Å². The van der Waals surface area contributed by atoms with Gasteiger partial charge in [0.2, 0.25) is 0 Å². The minimum atomic E-state index is 0.387. The van der Waals surface area contributed by atoms with E-state index in [1.54, 1.807) is 23.1 Å². The summed E-state index contributed by atoms with van der Waals surface area (Å²) in [4.78, 5) is 4.23. The molecule has 0 amide bonds. The van der Waals surface area contributed by atoms with Crippen molar-refractivity contribution in [2.24, 2.45) is 5.73 Å². The molecule has 0 fully saturated rings. The minimum absolute atomic E-state index is 0.387. The van der Waals surface area contributed by atoms with Gasteiger partial charge in [0.05, 0.1) is 17.7 Å². The van der Waals surface area contributed by atoms with E-state index in [1.807, 2.05) is 21.5 Å². The van der Waals surface area contributed by atoms with Gasteiger partial charge in [-0.05, 0) is 0 Å². The first-order valence-corrected chi connectivity index (χ1v) is 7.01. The van der Waals surface area contributed by atoms with Crippen LogP contribution >= 0.6 is 23.1 Å². The third-order valence-corrected chi connectivity index (χ3v) is 3.76. The standard InChI is InChI=1S/C10H13N5S2/c1-2-3-15-9(4-11)13-14-10(15)17-6-8-5-16-7-12-8/h2,5,7H,1,3-4,6,11H2. The predicted molar refractivity (Wildman–Crippen MR) is 69.8 cm³/mol. The summed E-state index contributed by atoms with van der Waals surface area (Å²) in [6.45, 7) is 4.79. The van der Waals surface area contributed by atoms with E-state index in [0.29, 0.717) is 13.1 Å². The second-order valence-corrected chi connectivity index (χ2v) is 4.93. The van der Waals surface area contributed by atoms with Gasteiger partial charge in [-0.15, -0.1) is 28.1 Å². The Balaban J connectivity index is 2.09. The molecule has 0 aromatic carbocycles. The number of thioether (sulfide) groups is 1. The summed E-state index contributed by atoms with van der Waals surface area (Å²) in [5.41, 5.74) is 8.49. The van der Waals surface area contributed by atoms with Crippen LogP contribution in [0.1, 0.15) is 11.5 Å². The Morgan fingerprint density at radius 3 is 3.06 bits per heavy atom. The van der Waals surface area contributed by atoms with Crippen molar-refractivity contribution in [2.45, 2.75) is 24.0 Å². The molecule has 7 heteroatoms. The van der Waals surface area contributed by atoms with E-state index in [9.17, 15) is 0 Å². The average Bonchev–Trinajstić information content (AvgIpc) is 2.96. The number of rotatable bonds is 6. The Bertz CT molecular complexity index is 477. The zero-order valence-electron chi connectivity index (χ0n) is 9.24. The van der Waals surface area contributed by atoms with Crippen LogP contribution in [0.3, 0.4) is 0 Å². The maximum absolute atomic E-state index is 5.61. The van der Waals surface area contributed by atoms with E-state index in [0.717, 1.165) is 22.4 Å². The SMILES string of the molecule is C=CCn1c(CN)nnc1SCc1cscn1. The van der Waals surface area contributed by atoms with Gasteiger partial charge in [-0.25, -0.2) is 4.98 Å². The predicted octanol–water partition coefficient (Wildman–Crippen LogP) is 1.67. The highest BCUT2D eigenvalue weighted by atomic mass is 32.2. The fourth-order valence-corrected chi connectivity index (χ4v) is 2.87. The number of nitrogens with zero attached hydrogens (tertiary/aromatic N) is 4. The number of aromatic nitrogens is 4. The molecule has 90 valence electrons. The molecule has 0 aliphatic carbocycles. The molecule has 0 unspecified atom stereocenters. The highest BCUT2D eigenvalue weighted by molar-refractivity contribution is 7.98. The minimum Gasteiger partial charge on any atom is -0.324 e. The van der Waals surface area contributed by atoms with Crippen molar-refractivity contribution in [3.63, 3.8) is 0 Å². The molecule has 0 aliphatic heterocycles. The third kappa shape index (κ3) is 2.93. The summed E-state index contributed by atoms with van der Waals surface area (Å²) in [6, 6.07) is 0. The first kappa shape index (κ1) is 12.3. The summed E-state index contributed by atoms with van der Waals surface area (Å²) in [5, 5.41) is 11.1. The van der Waals surface area contributed by atoms with E-state index >= 15 is 0 Å². The monoisotopic (exact) mass is 267 g/mol. The van der Waals surface area contributed by atoms with Crippen LogP contribution in [0.15, 0.2) is 28.7 Å². The van der Waals surface area contributed by atoms with Gasteiger partial charge in [0.15, 0.2) is 5.16 Å². The Morgan fingerprint density at radius 1 is 1.53 bits per heavy atom. The van der Waals surface area contributed by atoms with Gasteiger partial charge in [0.25, 0.3) is 0 Å². The number of thiazole rings is 1. The van der Waals surface area contributed by atoms with Crippen molar-refractivity contribution in [2.75, 3.05) is 0 Å². The Hall–Kier alpha value is -1.18. The molecule has 2 aromatic heterocycles. The van der Waals surface area contributed by atoms with Gasteiger partial charge in [-0.3, -0.25) is 0 Å². The lowest BCUT2D eigenvalue weighted by Gasteiger charge is -2.05. The zero-order chi connectivity index (χ0) is 12.1. The van der Waals surface area contributed by atoms with E-state index in [2.05, 4.69) is 21.8 Å². The van der Waals surface area contributed by atoms with Crippen LogP contribution in [0, 0.1) is 0 Å². The molecule has 17 heavy (non-hydrogen) atoms. The second-order valence-electron chi connectivity index (χ2n) is 3.27. The van der Waals surface area contributed by atoms with Crippen LogP contribution in [0.4, 0.5) is 0 Å². The molecular weight excluding hydrogens is 254 g/mol. The lowest BCUT2D eigenvalue weighted by atomic mass is 10.5. The van der Waals surface area contributed by atoms with Crippen LogP contribution in [-0.4, -0.2) is 19.7 Å². The van der Waals surface area contributed by atoms with Crippen LogP contribution in [0.5, 0.6) is 0 Å². The number of hydrogen-bond acceptors (Lipinski definition) is 6. The van der Waals surface area contributed by atoms with E-state index in [1.165, 1.54) is 0 Å². The molecule has 0 saturated heterocycles. The van der Waals surface area contributed by atoms with Gasteiger partial charge in [0, 0.05) is 17.7 Å². The second kappa shape index (κ2) is 5.95. The normalized spacial score (nSPS) is 10.6.